The summed E-state index contributed by atoms with van der Waals surface area (Å²) in [6.07, 6.45) is 24.8. The predicted molar refractivity (Wildman–Crippen MR) is 55.1 cm³/mol. The van der Waals surface area contributed by atoms with E-state index >= 15 is 0 Å². The lowest BCUT2D eigenvalue weighted by Crippen LogP contribution is -2.22. The van der Waals surface area contributed by atoms with E-state index in [4.69, 9.17) is 0 Å². The minimum atomic E-state index is 0.653. The van der Waals surface area contributed by atoms with E-state index in [0.29, 0.717) is 4.48 Å². The Labute approximate surface area is 78.6 Å². The molecule has 0 fully saturated rings. The lowest BCUT2D eigenvalue weighted by molar-refractivity contribution is -0.714. The average molecular weight is 170 g/mol. The quantitative estimate of drug-likeness (QED) is 0.490. The lowest BCUT2D eigenvalue weighted by atomic mass is 10.4. The molecule has 0 saturated heterocycles. The number of nitrogens with zero attached hydrogens (tertiary/aromatic N) is 1. The van der Waals surface area contributed by atoms with Gasteiger partial charge in [0.15, 0.2) is 0 Å². The Balaban J connectivity index is 2.39. The van der Waals surface area contributed by atoms with Gasteiger partial charge in [-0.1, -0.05) is 24.3 Å². The molecule has 2 heterocycles. The molecule has 2 aliphatic rings. The van der Waals surface area contributed by atoms with Crippen LogP contribution in [0.1, 0.15) is 0 Å². The SMILES string of the molecule is C1=CC=C[N+]2(C=C1)C=CC=CC=C2. The number of rotatable bonds is 0. The van der Waals surface area contributed by atoms with Crippen LogP contribution >= 0.6 is 0 Å². The highest BCUT2D eigenvalue weighted by atomic mass is 15.3. The van der Waals surface area contributed by atoms with E-state index in [9.17, 15) is 0 Å². The fourth-order valence-corrected chi connectivity index (χ4v) is 1.35. The van der Waals surface area contributed by atoms with Gasteiger partial charge in [-0.25, -0.2) is 4.48 Å². The standard InChI is InChI=1S/C12H12N/c1-2-6-10-13(9-5-1)11-7-3-4-8-12-13/h1-12H/q+1. The molecular formula is C12H12N+. The van der Waals surface area contributed by atoms with Gasteiger partial charge in [-0.2, -0.15) is 0 Å². The van der Waals surface area contributed by atoms with E-state index < -0.39 is 0 Å². The molecule has 2 aliphatic heterocycles. The van der Waals surface area contributed by atoms with Crippen LogP contribution < -0.4 is 0 Å². The van der Waals surface area contributed by atoms with Crippen molar-refractivity contribution in [3.63, 3.8) is 0 Å². The van der Waals surface area contributed by atoms with Gasteiger partial charge in [0.05, 0.1) is 0 Å². The minimum absolute atomic E-state index is 0.653. The molecule has 1 heteroatoms. The molecule has 0 saturated carbocycles. The van der Waals surface area contributed by atoms with Crippen LogP contribution in [0.5, 0.6) is 0 Å². The maximum atomic E-state index is 2.12. The first kappa shape index (κ1) is 8.02. The maximum absolute atomic E-state index is 2.12. The zero-order valence-corrected chi connectivity index (χ0v) is 7.38. The van der Waals surface area contributed by atoms with Crippen LogP contribution in [-0.4, -0.2) is 4.48 Å². The van der Waals surface area contributed by atoms with Gasteiger partial charge in [-0.15, -0.1) is 0 Å². The summed E-state index contributed by atoms with van der Waals surface area (Å²) >= 11 is 0. The van der Waals surface area contributed by atoms with Crippen LogP contribution in [0.4, 0.5) is 0 Å². The largest absolute Gasteiger partial charge is 0.219 e. The molecular weight excluding hydrogens is 158 g/mol. The first-order valence-electron chi connectivity index (χ1n) is 4.37. The second-order valence-electron chi connectivity index (χ2n) is 3.03. The molecule has 0 N–H and O–H groups in total. The van der Waals surface area contributed by atoms with E-state index in [1.54, 1.807) is 0 Å². The summed E-state index contributed by atoms with van der Waals surface area (Å²) in [5.41, 5.74) is 0. The summed E-state index contributed by atoms with van der Waals surface area (Å²) in [4.78, 5) is 0. The fourth-order valence-electron chi connectivity index (χ4n) is 1.35. The van der Waals surface area contributed by atoms with Crippen molar-refractivity contribution in [3.05, 3.63) is 73.4 Å². The summed E-state index contributed by atoms with van der Waals surface area (Å²) in [6.45, 7) is 0. The highest BCUT2D eigenvalue weighted by Gasteiger charge is 2.15. The highest BCUT2D eigenvalue weighted by Crippen LogP contribution is 2.17. The van der Waals surface area contributed by atoms with Crippen molar-refractivity contribution >= 4 is 0 Å². The molecule has 64 valence electrons. The predicted octanol–water partition coefficient (Wildman–Crippen LogP) is 3.00. The third-order valence-electron chi connectivity index (χ3n) is 2.04. The number of hydrogen-bond acceptors (Lipinski definition) is 0. The molecule has 0 atom stereocenters. The van der Waals surface area contributed by atoms with Crippen LogP contribution in [-0.2, 0) is 0 Å². The third-order valence-corrected chi connectivity index (χ3v) is 2.04. The van der Waals surface area contributed by atoms with Crippen LogP contribution in [0.3, 0.4) is 0 Å². The highest BCUT2D eigenvalue weighted by molar-refractivity contribution is 5.18. The molecule has 0 radical (unpaired) electrons. The first-order valence-corrected chi connectivity index (χ1v) is 4.37. The van der Waals surface area contributed by atoms with Crippen molar-refractivity contribution in [2.75, 3.05) is 0 Å². The summed E-state index contributed by atoms with van der Waals surface area (Å²) in [6, 6.07) is 0. The maximum Gasteiger partial charge on any atom is 0.110 e. The van der Waals surface area contributed by atoms with Gasteiger partial charge >= 0.3 is 0 Å². The molecule has 0 amide bonds. The summed E-state index contributed by atoms with van der Waals surface area (Å²) in [5, 5.41) is 0. The Bertz CT molecular complexity index is 280. The molecule has 0 bridgehead atoms. The van der Waals surface area contributed by atoms with Crippen LogP contribution in [0.15, 0.2) is 73.4 Å². The summed E-state index contributed by atoms with van der Waals surface area (Å²) in [7, 11) is 0. The topological polar surface area (TPSA) is 0 Å². The van der Waals surface area contributed by atoms with Gasteiger partial charge in [-0.05, 0) is 24.3 Å². The van der Waals surface area contributed by atoms with Crippen LogP contribution in [0, 0.1) is 0 Å². The van der Waals surface area contributed by atoms with E-state index in [-0.39, 0.29) is 0 Å². The molecule has 13 heavy (non-hydrogen) atoms. The zero-order chi connectivity index (χ0) is 8.99. The van der Waals surface area contributed by atoms with Gasteiger partial charge in [0.25, 0.3) is 0 Å². The van der Waals surface area contributed by atoms with E-state index in [1.165, 1.54) is 0 Å². The molecule has 0 unspecified atom stereocenters. The lowest BCUT2D eigenvalue weighted by Gasteiger charge is -2.19. The Morgan fingerprint density at radius 2 is 0.692 bits per heavy atom. The summed E-state index contributed by atoms with van der Waals surface area (Å²) in [5.74, 6) is 0. The molecule has 0 aromatic rings. The molecule has 1 nitrogen and oxygen atoms in total. The van der Waals surface area contributed by atoms with Crippen molar-refractivity contribution in [2.45, 2.75) is 0 Å². The van der Waals surface area contributed by atoms with Crippen molar-refractivity contribution in [1.82, 2.24) is 0 Å². The normalized spacial score (nSPS) is 22.2. The Hall–Kier alpha value is -1.60. The molecule has 2 rings (SSSR count). The number of quaternary nitrogens is 1. The van der Waals surface area contributed by atoms with Crippen LogP contribution in [0.25, 0.3) is 0 Å². The molecule has 0 aliphatic carbocycles. The van der Waals surface area contributed by atoms with Crippen LogP contribution in [0.2, 0.25) is 0 Å². The van der Waals surface area contributed by atoms with E-state index in [1.807, 2.05) is 24.3 Å². The summed E-state index contributed by atoms with van der Waals surface area (Å²) < 4.78 is 0.653. The number of hydrogen-bond donors (Lipinski definition) is 0. The van der Waals surface area contributed by atoms with Crippen molar-refractivity contribution in [3.8, 4) is 0 Å². The van der Waals surface area contributed by atoms with Crippen molar-refractivity contribution in [1.29, 1.82) is 0 Å². The van der Waals surface area contributed by atoms with Gasteiger partial charge in [0.1, 0.15) is 24.8 Å². The third kappa shape index (κ3) is 1.76. The smallest absolute Gasteiger partial charge is 0.110 e. The van der Waals surface area contributed by atoms with Crippen molar-refractivity contribution in [2.24, 2.45) is 0 Å². The monoisotopic (exact) mass is 170 g/mol. The van der Waals surface area contributed by atoms with E-state index in [0.717, 1.165) is 0 Å². The van der Waals surface area contributed by atoms with Crippen molar-refractivity contribution < 1.29 is 4.48 Å². The Morgan fingerprint density at radius 3 is 1.00 bits per heavy atom. The van der Waals surface area contributed by atoms with Gasteiger partial charge < -0.3 is 0 Å². The molecule has 0 aromatic heterocycles. The first-order chi connectivity index (χ1) is 6.41. The Morgan fingerprint density at radius 1 is 0.385 bits per heavy atom. The van der Waals surface area contributed by atoms with E-state index in [2.05, 4.69) is 49.1 Å². The number of allylic oxidation sites excluding steroid dienone is 8. The fraction of sp³-hybridized carbons (Fsp3) is 0. The van der Waals surface area contributed by atoms with Gasteiger partial charge in [0, 0.05) is 0 Å². The molecule has 0 aromatic carbocycles. The average Bonchev–Trinajstić information content (AvgIpc) is 2.50. The second kappa shape index (κ2) is 3.42. The second-order valence-corrected chi connectivity index (χ2v) is 3.03. The molecule has 1 spiro atoms. The zero-order valence-electron chi connectivity index (χ0n) is 7.38. The van der Waals surface area contributed by atoms with Gasteiger partial charge in [-0.3, -0.25) is 0 Å². The van der Waals surface area contributed by atoms with Gasteiger partial charge in [0.2, 0.25) is 0 Å². The Kier molecular flexibility index (Phi) is 2.11. The minimum Gasteiger partial charge on any atom is -0.219 e.